The minimum absolute atomic E-state index is 0.0831. The molecule has 3 heteroatoms. The zero-order chi connectivity index (χ0) is 8.97. The third-order valence-electron chi connectivity index (χ3n) is 1.54. The fraction of sp³-hybridized carbons (Fsp3) is 0.333. The Morgan fingerprint density at radius 1 is 1.50 bits per heavy atom. The maximum absolute atomic E-state index is 8.74. The normalized spacial score (nSPS) is 9.92. The number of aryl methyl sites for hydroxylation is 1. The van der Waals surface area contributed by atoms with E-state index in [-0.39, 0.29) is 5.94 Å². The van der Waals surface area contributed by atoms with Crippen molar-refractivity contribution in [3.63, 3.8) is 0 Å². The Morgan fingerprint density at radius 3 is 2.83 bits per heavy atom. The number of aliphatic hydroxyl groups is 1. The van der Waals surface area contributed by atoms with Crippen molar-refractivity contribution in [1.82, 2.24) is 0 Å². The molecule has 12 heavy (non-hydrogen) atoms. The predicted molar refractivity (Wildman–Crippen MR) is 50.7 cm³/mol. The topological polar surface area (TPSA) is 29.5 Å². The summed E-state index contributed by atoms with van der Waals surface area (Å²) in [5, 5.41) is 8.74. The summed E-state index contributed by atoms with van der Waals surface area (Å²) in [7, 11) is 1.63. The number of rotatable bonds is 3. The molecule has 0 heterocycles. The Kier molecular flexibility index (Phi) is 3.44. The van der Waals surface area contributed by atoms with Crippen LogP contribution in [0.4, 0.5) is 0 Å². The summed E-state index contributed by atoms with van der Waals surface area (Å²) in [6.07, 6.45) is 0. The highest BCUT2D eigenvalue weighted by Crippen LogP contribution is 2.29. The quantitative estimate of drug-likeness (QED) is 0.576. The maximum Gasteiger partial charge on any atom is 0.132 e. The van der Waals surface area contributed by atoms with Crippen LogP contribution in [-0.4, -0.2) is 18.2 Å². The van der Waals surface area contributed by atoms with Crippen molar-refractivity contribution in [2.45, 2.75) is 11.8 Å². The van der Waals surface area contributed by atoms with E-state index in [1.807, 2.05) is 25.1 Å². The van der Waals surface area contributed by atoms with Gasteiger partial charge in [-0.25, -0.2) is 0 Å². The average Bonchev–Trinajstić information content (AvgIpc) is 2.05. The number of aliphatic hydroxyl groups excluding tert-OH is 1. The van der Waals surface area contributed by atoms with Crippen LogP contribution in [0.15, 0.2) is 23.1 Å². The van der Waals surface area contributed by atoms with E-state index >= 15 is 0 Å². The van der Waals surface area contributed by atoms with E-state index in [9.17, 15) is 0 Å². The lowest BCUT2D eigenvalue weighted by atomic mass is 10.2. The van der Waals surface area contributed by atoms with Gasteiger partial charge in [-0.3, -0.25) is 0 Å². The molecule has 0 aliphatic rings. The second-order valence-electron chi connectivity index (χ2n) is 2.43. The standard InChI is InChI=1S/C9H12O2S/c1-7-3-4-8(11-2)9(5-7)12-6-10/h3-5,10H,6H2,1-2H3. The molecule has 0 unspecified atom stereocenters. The summed E-state index contributed by atoms with van der Waals surface area (Å²) in [5.41, 5.74) is 1.17. The van der Waals surface area contributed by atoms with Crippen LogP contribution in [0.3, 0.4) is 0 Å². The first-order valence-corrected chi connectivity index (χ1v) is 4.65. The van der Waals surface area contributed by atoms with E-state index in [1.54, 1.807) is 7.11 Å². The van der Waals surface area contributed by atoms with E-state index in [1.165, 1.54) is 17.3 Å². The van der Waals surface area contributed by atoms with Crippen molar-refractivity contribution in [3.05, 3.63) is 23.8 Å². The Morgan fingerprint density at radius 2 is 2.25 bits per heavy atom. The SMILES string of the molecule is COc1ccc(C)cc1SCO. The number of thioether (sulfide) groups is 1. The van der Waals surface area contributed by atoms with Gasteiger partial charge in [0.1, 0.15) is 5.75 Å². The van der Waals surface area contributed by atoms with E-state index in [2.05, 4.69) is 0 Å². The van der Waals surface area contributed by atoms with Gasteiger partial charge in [-0.2, -0.15) is 0 Å². The van der Waals surface area contributed by atoms with Gasteiger partial charge >= 0.3 is 0 Å². The van der Waals surface area contributed by atoms with Gasteiger partial charge in [0.25, 0.3) is 0 Å². The lowest BCUT2D eigenvalue weighted by Gasteiger charge is -2.06. The van der Waals surface area contributed by atoms with Crippen molar-refractivity contribution in [1.29, 1.82) is 0 Å². The monoisotopic (exact) mass is 184 g/mol. The number of benzene rings is 1. The van der Waals surface area contributed by atoms with Gasteiger partial charge in [0, 0.05) is 0 Å². The molecule has 1 aromatic rings. The third kappa shape index (κ3) is 2.16. The van der Waals surface area contributed by atoms with Gasteiger partial charge < -0.3 is 9.84 Å². The first-order chi connectivity index (χ1) is 5.77. The summed E-state index contributed by atoms with van der Waals surface area (Å²) < 4.78 is 5.12. The second kappa shape index (κ2) is 4.38. The summed E-state index contributed by atoms with van der Waals surface area (Å²) >= 11 is 1.37. The first kappa shape index (κ1) is 9.42. The minimum atomic E-state index is 0.0831. The number of hydrogen-bond acceptors (Lipinski definition) is 3. The molecule has 1 aromatic carbocycles. The maximum atomic E-state index is 8.74. The number of hydrogen-bond donors (Lipinski definition) is 1. The zero-order valence-corrected chi connectivity index (χ0v) is 8.02. The molecule has 0 aliphatic carbocycles. The summed E-state index contributed by atoms with van der Waals surface area (Å²) in [6.45, 7) is 2.01. The van der Waals surface area contributed by atoms with Crippen LogP contribution in [0.5, 0.6) is 5.75 Å². The highest BCUT2D eigenvalue weighted by molar-refractivity contribution is 7.99. The molecule has 0 spiro atoms. The van der Waals surface area contributed by atoms with Crippen LogP contribution in [0.2, 0.25) is 0 Å². The molecule has 0 fully saturated rings. The van der Waals surface area contributed by atoms with Crippen LogP contribution in [0.1, 0.15) is 5.56 Å². The second-order valence-corrected chi connectivity index (χ2v) is 3.41. The molecule has 0 aliphatic heterocycles. The molecule has 0 radical (unpaired) electrons. The molecule has 0 bridgehead atoms. The van der Waals surface area contributed by atoms with Crippen molar-refractivity contribution in [3.8, 4) is 5.75 Å². The molecular formula is C9H12O2S. The smallest absolute Gasteiger partial charge is 0.132 e. The van der Waals surface area contributed by atoms with Gasteiger partial charge in [0.2, 0.25) is 0 Å². The number of methoxy groups -OCH3 is 1. The molecule has 0 amide bonds. The van der Waals surface area contributed by atoms with E-state index < -0.39 is 0 Å². The van der Waals surface area contributed by atoms with Crippen molar-refractivity contribution in [2.75, 3.05) is 13.0 Å². The highest BCUT2D eigenvalue weighted by Gasteiger charge is 2.01. The average molecular weight is 184 g/mol. The van der Waals surface area contributed by atoms with Gasteiger partial charge in [0.05, 0.1) is 17.9 Å². The largest absolute Gasteiger partial charge is 0.496 e. The highest BCUT2D eigenvalue weighted by atomic mass is 32.2. The van der Waals surface area contributed by atoms with E-state index in [0.29, 0.717) is 0 Å². The van der Waals surface area contributed by atoms with Gasteiger partial charge in [0.15, 0.2) is 0 Å². The molecule has 66 valence electrons. The Labute approximate surface area is 76.6 Å². The molecule has 1 rings (SSSR count). The zero-order valence-electron chi connectivity index (χ0n) is 7.20. The lowest BCUT2D eigenvalue weighted by molar-refractivity contribution is 0.373. The van der Waals surface area contributed by atoms with E-state index in [0.717, 1.165) is 10.6 Å². The molecule has 0 atom stereocenters. The van der Waals surface area contributed by atoms with Crippen LogP contribution in [0, 0.1) is 6.92 Å². The summed E-state index contributed by atoms with van der Waals surface area (Å²) in [4.78, 5) is 0.986. The summed E-state index contributed by atoms with van der Waals surface area (Å²) in [5.74, 6) is 0.902. The molecule has 0 saturated carbocycles. The fourth-order valence-corrected chi connectivity index (χ4v) is 1.67. The first-order valence-electron chi connectivity index (χ1n) is 3.66. The molecule has 1 N–H and O–H groups in total. The van der Waals surface area contributed by atoms with Gasteiger partial charge in [-0.1, -0.05) is 17.8 Å². The molecule has 0 saturated heterocycles. The molecule has 0 aromatic heterocycles. The Bertz CT molecular complexity index is 261. The van der Waals surface area contributed by atoms with Crippen LogP contribution < -0.4 is 4.74 Å². The minimum Gasteiger partial charge on any atom is -0.496 e. The Hall–Kier alpha value is -0.670. The van der Waals surface area contributed by atoms with Crippen LogP contribution in [-0.2, 0) is 0 Å². The predicted octanol–water partition coefficient (Wildman–Crippen LogP) is 2.05. The van der Waals surface area contributed by atoms with Gasteiger partial charge in [-0.05, 0) is 24.6 Å². The van der Waals surface area contributed by atoms with Gasteiger partial charge in [-0.15, -0.1) is 0 Å². The molecule has 2 nitrogen and oxygen atoms in total. The molecular weight excluding hydrogens is 172 g/mol. The van der Waals surface area contributed by atoms with Crippen molar-refractivity contribution in [2.24, 2.45) is 0 Å². The lowest BCUT2D eigenvalue weighted by Crippen LogP contribution is -1.87. The number of ether oxygens (including phenoxy) is 1. The van der Waals surface area contributed by atoms with E-state index in [4.69, 9.17) is 9.84 Å². The fourth-order valence-electron chi connectivity index (χ4n) is 0.966. The Balaban J connectivity index is 2.95. The van der Waals surface area contributed by atoms with Crippen molar-refractivity contribution < 1.29 is 9.84 Å². The van der Waals surface area contributed by atoms with Crippen LogP contribution >= 0.6 is 11.8 Å². The van der Waals surface area contributed by atoms with Crippen molar-refractivity contribution >= 4 is 11.8 Å². The third-order valence-corrected chi connectivity index (χ3v) is 2.30. The van der Waals surface area contributed by atoms with Crippen LogP contribution in [0.25, 0.3) is 0 Å². The summed E-state index contributed by atoms with van der Waals surface area (Å²) in [6, 6.07) is 5.90.